The Morgan fingerprint density at radius 3 is 2.39 bits per heavy atom. The van der Waals surface area contributed by atoms with Crippen LogP contribution in [0.25, 0.3) is 0 Å². The van der Waals surface area contributed by atoms with Crippen LogP contribution in [0.2, 0.25) is 0 Å². The van der Waals surface area contributed by atoms with Gasteiger partial charge in [0.1, 0.15) is 5.82 Å². The number of carbonyl (C=O) groups is 2. The van der Waals surface area contributed by atoms with E-state index in [1.807, 2.05) is 0 Å². The van der Waals surface area contributed by atoms with Crippen LogP contribution in [0.15, 0.2) is 53.0 Å². The molecular weight excluding hydrogens is 363 g/mol. The van der Waals surface area contributed by atoms with E-state index in [0.29, 0.717) is 12.2 Å². The lowest BCUT2D eigenvalue weighted by Crippen LogP contribution is -2.38. The summed E-state index contributed by atoms with van der Waals surface area (Å²) in [4.78, 5) is 25.8. The highest BCUT2D eigenvalue weighted by Gasteiger charge is 2.39. The third kappa shape index (κ3) is 3.48. The van der Waals surface area contributed by atoms with Gasteiger partial charge in [-0.1, -0.05) is 28.1 Å². The molecule has 23 heavy (non-hydrogen) atoms. The van der Waals surface area contributed by atoms with E-state index in [9.17, 15) is 14.0 Å². The Morgan fingerprint density at radius 2 is 1.74 bits per heavy atom. The summed E-state index contributed by atoms with van der Waals surface area (Å²) in [7, 11) is 0. The second-order valence-corrected chi connectivity index (χ2v) is 6.22. The lowest BCUT2D eigenvalue weighted by molar-refractivity contribution is -0.121. The number of amides is 2. The van der Waals surface area contributed by atoms with E-state index in [1.54, 1.807) is 36.4 Å². The van der Waals surface area contributed by atoms with Gasteiger partial charge in [0, 0.05) is 11.0 Å². The zero-order chi connectivity index (χ0) is 16.4. The molecular formula is C17H14BrFN2O2. The van der Waals surface area contributed by atoms with Crippen molar-refractivity contribution in [1.29, 1.82) is 0 Å². The van der Waals surface area contributed by atoms with Gasteiger partial charge < -0.3 is 5.32 Å². The lowest BCUT2D eigenvalue weighted by Gasteiger charge is -2.15. The largest absolute Gasteiger partial charge is 0.301 e. The highest BCUT2D eigenvalue weighted by atomic mass is 79.9. The normalized spacial score (nSPS) is 17.8. The number of imide groups is 1. The molecule has 1 saturated heterocycles. The average Bonchev–Trinajstić information content (AvgIpc) is 2.82. The van der Waals surface area contributed by atoms with Crippen LogP contribution < -0.4 is 10.2 Å². The minimum atomic E-state index is -0.559. The van der Waals surface area contributed by atoms with E-state index in [1.165, 1.54) is 17.0 Å². The molecule has 3 rings (SSSR count). The molecule has 0 aliphatic carbocycles. The van der Waals surface area contributed by atoms with Gasteiger partial charge in [-0.3, -0.25) is 9.59 Å². The quantitative estimate of drug-likeness (QED) is 0.834. The van der Waals surface area contributed by atoms with Crippen LogP contribution in [-0.2, 0) is 16.1 Å². The molecule has 1 fully saturated rings. The zero-order valence-electron chi connectivity index (χ0n) is 12.1. The molecule has 1 aliphatic rings. The van der Waals surface area contributed by atoms with Gasteiger partial charge in [-0.15, -0.1) is 0 Å². The smallest absolute Gasteiger partial charge is 0.251 e. The van der Waals surface area contributed by atoms with Crippen molar-refractivity contribution in [3.63, 3.8) is 0 Å². The van der Waals surface area contributed by atoms with Gasteiger partial charge in [0.25, 0.3) is 5.91 Å². The third-order valence-corrected chi connectivity index (χ3v) is 4.23. The molecule has 1 heterocycles. The fourth-order valence-corrected chi connectivity index (χ4v) is 2.76. The van der Waals surface area contributed by atoms with Crippen molar-refractivity contribution >= 4 is 33.4 Å². The number of nitrogens with zero attached hydrogens (tertiary/aromatic N) is 1. The van der Waals surface area contributed by atoms with Gasteiger partial charge in [-0.25, -0.2) is 9.29 Å². The predicted molar refractivity (Wildman–Crippen MR) is 88.3 cm³/mol. The summed E-state index contributed by atoms with van der Waals surface area (Å²) >= 11 is 3.32. The molecule has 1 atom stereocenters. The summed E-state index contributed by atoms with van der Waals surface area (Å²) in [6.45, 7) is 0.401. The lowest BCUT2D eigenvalue weighted by atomic mass is 10.2. The average molecular weight is 377 g/mol. The van der Waals surface area contributed by atoms with Gasteiger partial charge in [0.05, 0.1) is 18.2 Å². The number of halogens is 2. The molecule has 4 nitrogen and oxygen atoms in total. The fourth-order valence-electron chi connectivity index (χ4n) is 2.50. The van der Waals surface area contributed by atoms with E-state index >= 15 is 0 Å². The van der Waals surface area contributed by atoms with E-state index in [2.05, 4.69) is 21.2 Å². The molecule has 2 aromatic carbocycles. The highest BCUT2D eigenvalue weighted by Crippen LogP contribution is 2.24. The number of hydrogen-bond acceptors (Lipinski definition) is 3. The first-order chi connectivity index (χ1) is 11.0. The molecule has 2 aromatic rings. The number of rotatable bonds is 4. The number of carbonyl (C=O) groups excluding carboxylic acids is 2. The van der Waals surface area contributed by atoms with Crippen LogP contribution in [-0.4, -0.2) is 17.9 Å². The second kappa shape index (κ2) is 6.60. The van der Waals surface area contributed by atoms with Crippen LogP contribution in [0.1, 0.15) is 12.0 Å². The maximum Gasteiger partial charge on any atom is 0.251 e. The summed E-state index contributed by atoms with van der Waals surface area (Å²) in [5.74, 6) is -0.796. The number of nitrogens with one attached hydrogen (secondary N) is 1. The summed E-state index contributed by atoms with van der Waals surface area (Å²) in [5, 5.41) is 3.06. The minimum absolute atomic E-state index is 0.121. The Balaban J connectivity index is 1.68. The predicted octanol–water partition coefficient (Wildman–Crippen LogP) is 3.01. The van der Waals surface area contributed by atoms with Crippen LogP contribution in [0, 0.1) is 5.82 Å². The van der Waals surface area contributed by atoms with Gasteiger partial charge in [0.2, 0.25) is 5.91 Å². The van der Waals surface area contributed by atoms with Gasteiger partial charge in [0.15, 0.2) is 0 Å². The fraction of sp³-hybridized carbons (Fsp3) is 0.176. The molecule has 1 aliphatic heterocycles. The Kier molecular flexibility index (Phi) is 4.54. The van der Waals surface area contributed by atoms with Crippen molar-refractivity contribution in [2.75, 3.05) is 4.90 Å². The molecule has 0 radical (unpaired) electrons. The third-order valence-electron chi connectivity index (χ3n) is 3.70. The molecule has 118 valence electrons. The van der Waals surface area contributed by atoms with Crippen molar-refractivity contribution in [2.24, 2.45) is 0 Å². The molecule has 0 bridgehead atoms. The maximum atomic E-state index is 12.9. The molecule has 1 unspecified atom stereocenters. The van der Waals surface area contributed by atoms with Crippen LogP contribution in [0.4, 0.5) is 10.1 Å². The maximum absolute atomic E-state index is 12.9. The van der Waals surface area contributed by atoms with E-state index in [0.717, 1.165) is 10.0 Å². The standard InChI is InChI=1S/C17H14BrFN2O2/c18-12-3-7-14(8-4-12)21-16(22)9-15(17(21)23)20-10-11-1-5-13(19)6-2-11/h1-8,15,20H,9-10H2. The molecule has 0 spiro atoms. The molecule has 1 N–H and O–H groups in total. The number of anilines is 1. The summed E-state index contributed by atoms with van der Waals surface area (Å²) in [6.07, 6.45) is 0.121. The number of benzene rings is 2. The van der Waals surface area contributed by atoms with Gasteiger partial charge in [-0.2, -0.15) is 0 Å². The van der Waals surface area contributed by atoms with Crippen LogP contribution in [0.5, 0.6) is 0 Å². The highest BCUT2D eigenvalue weighted by molar-refractivity contribution is 9.10. The summed E-state index contributed by atoms with van der Waals surface area (Å²) < 4.78 is 13.8. The second-order valence-electron chi connectivity index (χ2n) is 5.31. The van der Waals surface area contributed by atoms with Crippen LogP contribution in [0.3, 0.4) is 0 Å². The summed E-state index contributed by atoms with van der Waals surface area (Å²) in [5.41, 5.74) is 1.42. The Morgan fingerprint density at radius 1 is 1.09 bits per heavy atom. The monoisotopic (exact) mass is 376 g/mol. The first-order valence-electron chi connectivity index (χ1n) is 7.15. The van der Waals surface area contributed by atoms with Gasteiger partial charge in [-0.05, 0) is 42.0 Å². The minimum Gasteiger partial charge on any atom is -0.301 e. The van der Waals surface area contributed by atoms with E-state index in [-0.39, 0.29) is 24.1 Å². The van der Waals surface area contributed by atoms with Crippen molar-refractivity contribution in [3.8, 4) is 0 Å². The molecule has 0 aromatic heterocycles. The van der Waals surface area contributed by atoms with Crippen molar-refractivity contribution < 1.29 is 14.0 Å². The van der Waals surface area contributed by atoms with Gasteiger partial charge >= 0.3 is 0 Å². The first kappa shape index (κ1) is 15.8. The topological polar surface area (TPSA) is 49.4 Å². The summed E-state index contributed by atoms with van der Waals surface area (Å²) in [6, 6.07) is 12.5. The van der Waals surface area contributed by atoms with Crippen molar-refractivity contribution in [3.05, 3.63) is 64.4 Å². The molecule has 0 saturated carbocycles. The van der Waals surface area contributed by atoms with Crippen LogP contribution >= 0.6 is 15.9 Å². The first-order valence-corrected chi connectivity index (χ1v) is 7.94. The Bertz CT molecular complexity index is 731. The SMILES string of the molecule is O=C1CC(NCc2ccc(F)cc2)C(=O)N1c1ccc(Br)cc1. The Labute approximate surface area is 141 Å². The molecule has 6 heteroatoms. The van der Waals surface area contributed by atoms with Crippen molar-refractivity contribution in [1.82, 2.24) is 5.32 Å². The zero-order valence-corrected chi connectivity index (χ0v) is 13.7. The Hall–Kier alpha value is -2.05. The van der Waals surface area contributed by atoms with Crippen molar-refractivity contribution in [2.45, 2.75) is 19.0 Å². The van der Waals surface area contributed by atoms with E-state index < -0.39 is 6.04 Å². The van der Waals surface area contributed by atoms with E-state index in [4.69, 9.17) is 0 Å². The molecule has 2 amide bonds. The number of hydrogen-bond donors (Lipinski definition) is 1.